The number of methoxy groups -OCH3 is 1. The fourth-order valence-corrected chi connectivity index (χ4v) is 4.74. The molecule has 1 saturated heterocycles. The molecule has 1 N–H and O–H groups in total. The first-order chi connectivity index (χ1) is 12.9. The van der Waals surface area contributed by atoms with E-state index in [1.165, 1.54) is 11.3 Å². The van der Waals surface area contributed by atoms with Crippen LogP contribution in [0, 0.1) is 0 Å². The molecule has 0 aliphatic carbocycles. The quantitative estimate of drug-likeness (QED) is 0.785. The van der Waals surface area contributed by atoms with Crippen LogP contribution in [0.5, 0.6) is 5.75 Å². The molecule has 140 valence electrons. The minimum atomic E-state index is -0.612. The minimum Gasteiger partial charge on any atom is -0.496 e. The lowest BCUT2D eigenvalue weighted by atomic mass is 9.74. The molecule has 2 aromatic rings. The molecular weight excluding hydrogens is 404 g/mol. The number of hydrogen-bond acceptors (Lipinski definition) is 3. The third kappa shape index (κ3) is 2.67. The number of nitrogens with zero attached hydrogens (tertiary/aromatic N) is 1. The Bertz CT molecular complexity index is 938. The predicted octanol–water partition coefficient (Wildman–Crippen LogP) is 4.48. The fourth-order valence-electron chi connectivity index (χ4n) is 4.36. The van der Waals surface area contributed by atoms with E-state index in [-0.39, 0.29) is 11.3 Å². The maximum Gasteiger partial charge on any atom is 0.223 e. The minimum absolute atomic E-state index is 0.0815. The third-order valence-electron chi connectivity index (χ3n) is 5.84. The zero-order valence-electron chi connectivity index (χ0n) is 15.8. The molecule has 0 spiro atoms. The molecule has 0 radical (unpaired) electrons. The van der Waals surface area contributed by atoms with Crippen molar-refractivity contribution >= 4 is 33.6 Å². The van der Waals surface area contributed by atoms with Crippen LogP contribution < -0.4 is 15.0 Å². The van der Waals surface area contributed by atoms with Crippen LogP contribution in [-0.4, -0.2) is 25.2 Å². The van der Waals surface area contributed by atoms with Crippen LogP contribution in [0.15, 0.2) is 53.0 Å². The lowest BCUT2D eigenvalue weighted by Crippen LogP contribution is -2.68. The van der Waals surface area contributed by atoms with Crippen molar-refractivity contribution in [3.63, 3.8) is 0 Å². The summed E-state index contributed by atoms with van der Waals surface area (Å²) in [7, 11) is 1.67. The Kier molecular flexibility index (Phi) is 4.30. The van der Waals surface area contributed by atoms with Gasteiger partial charge in [0.05, 0.1) is 7.11 Å². The number of benzene rings is 2. The Morgan fingerprint density at radius 2 is 2.00 bits per heavy atom. The fraction of sp³-hybridized carbons (Fsp3) is 0.318. The molecule has 0 saturated carbocycles. The summed E-state index contributed by atoms with van der Waals surface area (Å²) in [4.78, 5) is 14.8. The monoisotopic (exact) mass is 426 g/mol. The number of fused-ring (bicyclic) bond motifs is 3. The van der Waals surface area contributed by atoms with E-state index < -0.39 is 5.66 Å². The average Bonchev–Trinajstić information content (AvgIpc) is 2.85. The lowest BCUT2D eigenvalue weighted by molar-refractivity contribution is -0.124. The zero-order chi connectivity index (χ0) is 19.2. The number of carbonyl (C=O) groups is 1. The molecular formula is C22H23BrN2O2. The molecule has 2 heterocycles. The second kappa shape index (κ2) is 6.41. The summed E-state index contributed by atoms with van der Waals surface area (Å²) < 4.78 is 6.50. The summed E-state index contributed by atoms with van der Waals surface area (Å²) in [5.74, 6) is 0.880. The maximum absolute atomic E-state index is 12.4. The number of carbonyl (C=O) groups excluding carboxylic acids is 1. The van der Waals surface area contributed by atoms with E-state index in [1.54, 1.807) is 7.11 Å². The first-order valence-electron chi connectivity index (χ1n) is 9.10. The molecule has 27 heavy (non-hydrogen) atoms. The van der Waals surface area contributed by atoms with Gasteiger partial charge in [-0.1, -0.05) is 54.1 Å². The number of rotatable bonds is 3. The summed E-state index contributed by atoms with van der Waals surface area (Å²) >= 11 is 3.53. The van der Waals surface area contributed by atoms with Gasteiger partial charge in [0.2, 0.25) is 5.91 Å². The Hall–Kier alpha value is -2.27. The van der Waals surface area contributed by atoms with Crippen molar-refractivity contribution in [2.24, 2.45) is 0 Å². The number of para-hydroxylation sites is 1. The topological polar surface area (TPSA) is 41.6 Å². The van der Waals surface area contributed by atoms with Crippen molar-refractivity contribution in [3.05, 3.63) is 64.1 Å². The van der Waals surface area contributed by atoms with E-state index in [0.29, 0.717) is 13.0 Å². The molecule has 2 aliphatic heterocycles. The molecule has 1 atom stereocenters. The molecule has 0 aromatic heterocycles. The second-order valence-corrected chi connectivity index (χ2v) is 8.49. The molecule has 4 rings (SSSR count). The van der Waals surface area contributed by atoms with Gasteiger partial charge in [-0.3, -0.25) is 4.79 Å². The van der Waals surface area contributed by atoms with E-state index in [4.69, 9.17) is 4.74 Å². The summed E-state index contributed by atoms with van der Waals surface area (Å²) in [6.45, 7) is 5.09. The van der Waals surface area contributed by atoms with Crippen LogP contribution in [0.2, 0.25) is 0 Å². The first kappa shape index (κ1) is 18.1. The van der Waals surface area contributed by atoms with Gasteiger partial charge in [-0.2, -0.15) is 0 Å². The van der Waals surface area contributed by atoms with Crippen molar-refractivity contribution < 1.29 is 9.53 Å². The number of ether oxygens (including phenoxy) is 1. The molecule has 4 nitrogen and oxygen atoms in total. The van der Waals surface area contributed by atoms with Crippen molar-refractivity contribution in [1.29, 1.82) is 0 Å². The van der Waals surface area contributed by atoms with E-state index in [2.05, 4.69) is 76.4 Å². The Labute approximate surface area is 168 Å². The van der Waals surface area contributed by atoms with Gasteiger partial charge >= 0.3 is 0 Å². The van der Waals surface area contributed by atoms with Crippen molar-refractivity contribution in [3.8, 4) is 5.75 Å². The molecule has 0 unspecified atom stereocenters. The number of amides is 1. The molecule has 0 bridgehead atoms. The average molecular weight is 427 g/mol. The highest BCUT2D eigenvalue weighted by atomic mass is 79.9. The smallest absolute Gasteiger partial charge is 0.223 e. The third-order valence-corrected chi connectivity index (χ3v) is 6.33. The maximum atomic E-state index is 12.4. The number of anilines is 1. The normalized spacial score (nSPS) is 23.1. The predicted molar refractivity (Wildman–Crippen MR) is 112 cm³/mol. The Balaban J connectivity index is 1.86. The molecule has 2 aromatic carbocycles. The summed E-state index contributed by atoms with van der Waals surface area (Å²) in [5.41, 5.74) is 2.51. The Morgan fingerprint density at radius 3 is 2.78 bits per heavy atom. The van der Waals surface area contributed by atoms with Crippen molar-refractivity contribution in [1.82, 2.24) is 5.32 Å². The lowest BCUT2D eigenvalue weighted by Gasteiger charge is -2.49. The largest absolute Gasteiger partial charge is 0.496 e. The van der Waals surface area contributed by atoms with Crippen LogP contribution in [0.3, 0.4) is 0 Å². The number of nitrogens with one attached hydrogen (secondary N) is 1. The van der Waals surface area contributed by atoms with Crippen LogP contribution in [0.1, 0.15) is 31.4 Å². The number of hydrogen-bond donors (Lipinski definition) is 1. The van der Waals surface area contributed by atoms with Gasteiger partial charge in [0.25, 0.3) is 0 Å². The van der Waals surface area contributed by atoms with Gasteiger partial charge in [0, 0.05) is 34.1 Å². The molecule has 1 amide bonds. The van der Waals surface area contributed by atoms with E-state index in [1.807, 2.05) is 18.2 Å². The molecule has 1 fully saturated rings. The van der Waals surface area contributed by atoms with Crippen LogP contribution >= 0.6 is 15.9 Å². The van der Waals surface area contributed by atoms with Gasteiger partial charge in [-0.15, -0.1) is 0 Å². The molecule has 5 heteroatoms. The van der Waals surface area contributed by atoms with E-state index >= 15 is 0 Å². The van der Waals surface area contributed by atoms with Crippen LogP contribution in [0.25, 0.3) is 6.08 Å². The van der Waals surface area contributed by atoms with E-state index in [9.17, 15) is 4.79 Å². The zero-order valence-corrected chi connectivity index (χ0v) is 17.3. The number of halogens is 1. The van der Waals surface area contributed by atoms with Gasteiger partial charge in [0.1, 0.15) is 11.4 Å². The van der Waals surface area contributed by atoms with Crippen LogP contribution in [-0.2, 0) is 10.2 Å². The van der Waals surface area contributed by atoms with Crippen molar-refractivity contribution in [2.75, 3.05) is 18.6 Å². The summed E-state index contributed by atoms with van der Waals surface area (Å²) in [5, 5.41) is 3.30. The highest BCUT2D eigenvalue weighted by molar-refractivity contribution is 9.10. The Morgan fingerprint density at radius 1 is 1.22 bits per heavy atom. The highest BCUT2D eigenvalue weighted by Gasteiger charge is 2.57. The van der Waals surface area contributed by atoms with Gasteiger partial charge in [0.15, 0.2) is 0 Å². The van der Waals surface area contributed by atoms with Gasteiger partial charge < -0.3 is 15.0 Å². The highest BCUT2D eigenvalue weighted by Crippen LogP contribution is 2.52. The van der Waals surface area contributed by atoms with Gasteiger partial charge in [-0.25, -0.2) is 0 Å². The second-order valence-electron chi connectivity index (χ2n) is 7.58. The summed E-state index contributed by atoms with van der Waals surface area (Å²) in [6, 6.07) is 14.3. The van der Waals surface area contributed by atoms with Crippen molar-refractivity contribution in [2.45, 2.75) is 31.3 Å². The SMILES string of the molecule is COc1ccc(Br)cc1C=C[C@]12NC(=O)CCN1c1ccccc1C2(C)C. The van der Waals surface area contributed by atoms with Crippen LogP contribution in [0.4, 0.5) is 5.69 Å². The first-order valence-corrected chi connectivity index (χ1v) is 9.89. The summed E-state index contributed by atoms with van der Waals surface area (Å²) in [6.07, 6.45) is 4.67. The van der Waals surface area contributed by atoms with Gasteiger partial charge in [-0.05, 0) is 35.9 Å². The van der Waals surface area contributed by atoms with E-state index in [0.717, 1.165) is 15.8 Å². The molecule has 2 aliphatic rings. The standard InChI is InChI=1S/C22H23BrN2O2/c1-21(2)17-6-4-5-7-18(17)25-13-11-20(26)24-22(21,25)12-10-15-14-16(23)8-9-19(15)27-3/h4-10,12,14H,11,13H2,1-3H3,(H,24,26)/t22-/m0/s1.